The lowest BCUT2D eigenvalue weighted by Crippen LogP contribution is -2.32. The van der Waals surface area contributed by atoms with Crippen LogP contribution in [-0.4, -0.2) is 29.7 Å². The van der Waals surface area contributed by atoms with Crippen LogP contribution < -0.4 is 15.5 Å². The van der Waals surface area contributed by atoms with Gasteiger partial charge in [-0.2, -0.15) is 18.3 Å². The van der Waals surface area contributed by atoms with Crippen LogP contribution in [0.25, 0.3) is 0 Å². The van der Waals surface area contributed by atoms with Gasteiger partial charge in [-0.05, 0) is 58.7 Å². The minimum absolute atomic E-state index is 0.103. The van der Waals surface area contributed by atoms with Gasteiger partial charge in [0.25, 0.3) is 0 Å². The average Bonchev–Trinajstić information content (AvgIpc) is 2.65. The van der Waals surface area contributed by atoms with E-state index in [0.29, 0.717) is 22.7 Å². The van der Waals surface area contributed by atoms with Gasteiger partial charge in [-0.25, -0.2) is 5.43 Å². The molecule has 29 heavy (non-hydrogen) atoms. The molecular weight excluding hydrogens is 459 g/mol. The van der Waals surface area contributed by atoms with E-state index in [1.807, 2.05) is 5.43 Å². The number of nitrogens with one attached hydrogen (secondary N) is 2. The molecule has 0 radical (unpaired) electrons. The van der Waals surface area contributed by atoms with Crippen LogP contribution in [0.15, 0.2) is 46.0 Å². The lowest BCUT2D eigenvalue weighted by molar-refractivity contribution is -0.137. The predicted molar refractivity (Wildman–Crippen MR) is 103 cm³/mol. The number of ether oxygens (including phenoxy) is 1. The Bertz CT molecular complexity index is 948. The molecule has 2 rings (SSSR count). The third-order valence-corrected chi connectivity index (χ3v) is 3.99. The molecule has 154 valence electrons. The fourth-order valence-electron chi connectivity index (χ4n) is 2.11. The molecule has 0 unspecified atom stereocenters. The van der Waals surface area contributed by atoms with Crippen LogP contribution in [0.1, 0.15) is 18.1 Å². The standard InChI is InChI=1S/C18H15BrF3N3O4/c1-2-29-14-7-10(6-13(19)15(14)26)9-23-25-17(28)16(27)24-12-5-3-4-11(8-12)18(20,21)22/h3-9,26H,2H2,1H3,(H,24,27)(H,25,28)/b23-9+. The third kappa shape index (κ3) is 6.21. The number of anilines is 1. The molecule has 0 saturated carbocycles. The van der Waals surface area contributed by atoms with Gasteiger partial charge in [0, 0.05) is 5.69 Å². The van der Waals surface area contributed by atoms with Crippen LogP contribution in [0.4, 0.5) is 18.9 Å². The lowest BCUT2D eigenvalue weighted by atomic mass is 10.2. The maximum absolute atomic E-state index is 12.7. The maximum Gasteiger partial charge on any atom is 0.416 e. The Morgan fingerprint density at radius 1 is 1.24 bits per heavy atom. The number of hydrogen-bond donors (Lipinski definition) is 3. The summed E-state index contributed by atoms with van der Waals surface area (Å²) in [5.74, 6) is -2.28. The molecule has 0 aromatic heterocycles. The summed E-state index contributed by atoms with van der Waals surface area (Å²) in [6, 6.07) is 6.82. The minimum Gasteiger partial charge on any atom is -0.503 e. The van der Waals surface area contributed by atoms with E-state index < -0.39 is 23.6 Å². The first-order chi connectivity index (χ1) is 13.6. The SMILES string of the molecule is CCOc1cc(/C=N/NC(=O)C(=O)Nc2cccc(C(F)(F)F)c2)cc(Br)c1O. The highest BCUT2D eigenvalue weighted by Crippen LogP contribution is 2.35. The lowest BCUT2D eigenvalue weighted by Gasteiger charge is -2.09. The van der Waals surface area contributed by atoms with Gasteiger partial charge in [-0.15, -0.1) is 0 Å². The number of carbonyl (C=O) groups excluding carboxylic acids is 2. The van der Waals surface area contributed by atoms with E-state index in [1.54, 1.807) is 6.92 Å². The summed E-state index contributed by atoms with van der Waals surface area (Å²) in [7, 11) is 0. The van der Waals surface area contributed by atoms with Gasteiger partial charge in [-0.3, -0.25) is 9.59 Å². The molecule has 7 nitrogen and oxygen atoms in total. The number of hydrogen-bond acceptors (Lipinski definition) is 5. The molecule has 0 fully saturated rings. The number of rotatable bonds is 5. The second-order valence-corrected chi connectivity index (χ2v) is 6.37. The van der Waals surface area contributed by atoms with Crippen LogP contribution in [0.2, 0.25) is 0 Å². The topological polar surface area (TPSA) is 100 Å². The largest absolute Gasteiger partial charge is 0.503 e. The summed E-state index contributed by atoms with van der Waals surface area (Å²) in [6.45, 7) is 2.05. The molecule has 11 heteroatoms. The number of benzene rings is 2. The van der Waals surface area contributed by atoms with Gasteiger partial charge in [-0.1, -0.05) is 6.07 Å². The number of phenols is 1. The first-order valence-corrected chi connectivity index (χ1v) is 8.88. The van der Waals surface area contributed by atoms with Crippen molar-refractivity contribution in [3.63, 3.8) is 0 Å². The molecule has 0 spiro atoms. The summed E-state index contributed by atoms with van der Waals surface area (Å²) in [4.78, 5) is 23.6. The number of phenolic OH excluding ortho intramolecular Hbond substituents is 1. The number of alkyl halides is 3. The van der Waals surface area contributed by atoms with E-state index in [-0.39, 0.29) is 17.2 Å². The number of aromatic hydroxyl groups is 1. The third-order valence-electron chi connectivity index (χ3n) is 3.38. The smallest absolute Gasteiger partial charge is 0.416 e. The first kappa shape index (κ1) is 22.2. The summed E-state index contributed by atoms with van der Waals surface area (Å²) in [6.07, 6.45) is -3.38. The highest BCUT2D eigenvalue weighted by atomic mass is 79.9. The second kappa shape index (κ2) is 9.41. The molecule has 0 atom stereocenters. The molecular formula is C18H15BrF3N3O4. The van der Waals surface area contributed by atoms with E-state index in [0.717, 1.165) is 12.1 Å². The molecule has 0 aliphatic heterocycles. The summed E-state index contributed by atoms with van der Waals surface area (Å²) >= 11 is 3.14. The molecule has 0 aliphatic carbocycles. The fourth-order valence-corrected chi connectivity index (χ4v) is 2.57. The van der Waals surface area contributed by atoms with Gasteiger partial charge in [0.15, 0.2) is 11.5 Å². The van der Waals surface area contributed by atoms with Crippen LogP contribution in [0, 0.1) is 0 Å². The Balaban J connectivity index is 2.01. The fraction of sp³-hybridized carbons (Fsp3) is 0.167. The van der Waals surface area contributed by atoms with Gasteiger partial charge in [0.05, 0.1) is 22.9 Å². The van der Waals surface area contributed by atoms with Crippen molar-refractivity contribution < 1.29 is 32.6 Å². The van der Waals surface area contributed by atoms with Gasteiger partial charge in [0.1, 0.15) is 0 Å². The monoisotopic (exact) mass is 473 g/mol. The summed E-state index contributed by atoms with van der Waals surface area (Å²) in [5.41, 5.74) is 1.25. The Kier molecular flexibility index (Phi) is 7.21. The molecule has 2 amide bonds. The average molecular weight is 474 g/mol. The van der Waals surface area contributed by atoms with Crippen LogP contribution in [0.3, 0.4) is 0 Å². The molecule has 2 aromatic carbocycles. The zero-order valence-electron chi connectivity index (χ0n) is 14.9. The zero-order chi connectivity index (χ0) is 21.6. The second-order valence-electron chi connectivity index (χ2n) is 5.51. The highest BCUT2D eigenvalue weighted by Gasteiger charge is 2.30. The number of nitrogens with zero attached hydrogens (tertiary/aromatic N) is 1. The van der Waals surface area contributed by atoms with Crippen molar-refractivity contribution >= 4 is 39.6 Å². The quantitative estimate of drug-likeness (QED) is 0.350. The molecule has 3 N–H and O–H groups in total. The first-order valence-electron chi connectivity index (χ1n) is 8.08. The molecule has 0 heterocycles. The predicted octanol–water partition coefficient (Wildman–Crippen LogP) is 3.66. The van der Waals surface area contributed by atoms with Crippen molar-refractivity contribution in [1.82, 2.24) is 5.43 Å². The number of halogens is 4. The Hall–Kier alpha value is -3.08. The van der Waals surface area contributed by atoms with Crippen molar-refractivity contribution in [2.45, 2.75) is 13.1 Å². The summed E-state index contributed by atoms with van der Waals surface area (Å²) < 4.78 is 43.6. The Morgan fingerprint density at radius 3 is 2.62 bits per heavy atom. The van der Waals surface area contributed by atoms with Gasteiger partial charge < -0.3 is 15.2 Å². The van der Waals surface area contributed by atoms with E-state index in [1.165, 1.54) is 24.4 Å². The van der Waals surface area contributed by atoms with Crippen molar-refractivity contribution in [2.24, 2.45) is 5.10 Å². The zero-order valence-corrected chi connectivity index (χ0v) is 16.5. The highest BCUT2D eigenvalue weighted by molar-refractivity contribution is 9.10. The number of amides is 2. The van der Waals surface area contributed by atoms with Crippen molar-refractivity contribution in [3.8, 4) is 11.5 Å². The van der Waals surface area contributed by atoms with Crippen LogP contribution >= 0.6 is 15.9 Å². The van der Waals surface area contributed by atoms with E-state index in [9.17, 15) is 27.9 Å². The van der Waals surface area contributed by atoms with Crippen molar-refractivity contribution in [2.75, 3.05) is 11.9 Å². The maximum atomic E-state index is 12.7. The minimum atomic E-state index is -4.58. The number of hydrazone groups is 1. The van der Waals surface area contributed by atoms with Crippen LogP contribution in [0.5, 0.6) is 11.5 Å². The van der Waals surface area contributed by atoms with Crippen molar-refractivity contribution in [1.29, 1.82) is 0 Å². The number of carbonyl (C=O) groups is 2. The van der Waals surface area contributed by atoms with Crippen molar-refractivity contribution in [3.05, 3.63) is 52.0 Å². The molecule has 0 saturated heterocycles. The van der Waals surface area contributed by atoms with Gasteiger partial charge in [0.2, 0.25) is 0 Å². The summed E-state index contributed by atoms with van der Waals surface area (Å²) in [5, 5.41) is 15.5. The van der Waals surface area contributed by atoms with E-state index in [2.05, 4.69) is 26.3 Å². The van der Waals surface area contributed by atoms with E-state index >= 15 is 0 Å². The normalized spacial score (nSPS) is 11.3. The Morgan fingerprint density at radius 2 is 1.97 bits per heavy atom. The molecule has 0 aliphatic rings. The molecule has 2 aromatic rings. The molecule has 0 bridgehead atoms. The van der Waals surface area contributed by atoms with Crippen LogP contribution in [-0.2, 0) is 15.8 Å². The Labute approximate surface area is 171 Å². The van der Waals surface area contributed by atoms with E-state index in [4.69, 9.17) is 4.74 Å². The van der Waals surface area contributed by atoms with Gasteiger partial charge >= 0.3 is 18.0 Å².